The lowest BCUT2D eigenvalue weighted by Crippen LogP contribution is -2.31. The molecule has 4 nitrogen and oxygen atoms in total. The van der Waals surface area contributed by atoms with E-state index in [4.69, 9.17) is 33.3 Å². The molecule has 0 aliphatic heterocycles. The first-order chi connectivity index (χ1) is 11.4. The van der Waals surface area contributed by atoms with Gasteiger partial charge in [-0.3, -0.25) is 0 Å². The van der Waals surface area contributed by atoms with Gasteiger partial charge in [-0.15, -0.1) is 0 Å². The Morgan fingerprint density at radius 3 is 2.50 bits per heavy atom. The van der Waals surface area contributed by atoms with E-state index in [0.29, 0.717) is 10.1 Å². The molecule has 0 radical (unpaired) electrons. The van der Waals surface area contributed by atoms with Crippen molar-refractivity contribution in [2.75, 3.05) is 19.5 Å². The molecule has 0 spiro atoms. The number of aryl methyl sites for hydroxylation is 1. The second kappa shape index (κ2) is 8.22. The summed E-state index contributed by atoms with van der Waals surface area (Å²) < 4.78 is 10.7. The van der Waals surface area contributed by atoms with Gasteiger partial charge in [-0.2, -0.15) is 0 Å². The van der Waals surface area contributed by atoms with E-state index in [-0.39, 0.29) is 6.04 Å². The Morgan fingerprint density at radius 1 is 1.12 bits per heavy atom. The van der Waals surface area contributed by atoms with Gasteiger partial charge < -0.3 is 20.1 Å². The van der Waals surface area contributed by atoms with Gasteiger partial charge in [0.2, 0.25) is 0 Å². The van der Waals surface area contributed by atoms with Crippen molar-refractivity contribution < 1.29 is 9.47 Å². The molecule has 0 heterocycles. The van der Waals surface area contributed by atoms with Crippen molar-refractivity contribution in [2.24, 2.45) is 0 Å². The van der Waals surface area contributed by atoms with Crippen LogP contribution in [0.25, 0.3) is 0 Å². The van der Waals surface area contributed by atoms with Crippen LogP contribution in [0.3, 0.4) is 0 Å². The number of rotatable bonds is 5. The van der Waals surface area contributed by atoms with Crippen LogP contribution in [0.1, 0.15) is 24.1 Å². The van der Waals surface area contributed by atoms with Crippen molar-refractivity contribution in [3.63, 3.8) is 0 Å². The smallest absolute Gasteiger partial charge is 0.171 e. The van der Waals surface area contributed by atoms with E-state index in [9.17, 15) is 0 Å². The molecule has 0 unspecified atom stereocenters. The molecule has 0 aliphatic carbocycles. The highest BCUT2D eigenvalue weighted by atomic mass is 35.5. The Hall–Kier alpha value is -1.98. The second-order valence-electron chi connectivity index (χ2n) is 5.39. The second-order valence-corrected chi connectivity index (χ2v) is 6.21. The molecule has 0 saturated carbocycles. The first kappa shape index (κ1) is 18.4. The van der Waals surface area contributed by atoms with Crippen molar-refractivity contribution in [1.82, 2.24) is 5.32 Å². The van der Waals surface area contributed by atoms with Crippen molar-refractivity contribution in [3.8, 4) is 11.5 Å². The molecule has 128 valence electrons. The molecule has 2 rings (SSSR count). The quantitative estimate of drug-likeness (QED) is 0.752. The molecule has 24 heavy (non-hydrogen) atoms. The molecular formula is C18H21ClN2O2S. The number of halogens is 1. The van der Waals surface area contributed by atoms with Crippen molar-refractivity contribution in [1.29, 1.82) is 0 Å². The minimum atomic E-state index is -0.0593. The number of hydrogen-bond donors (Lipinski definition) is 2. The molecule has 0 saturated heterocycles. The number of anilines is 1. The molecule has 0 bridgehead atoms. The molecule has 0 fully saturated rings. The van der Waals surface area contributed by atoms with Gasteiger partial charge in [0.15, 0.2) is 5.11 Å². The monoisotopic (exact) mass is 364 g/mol. The van der Waals surface area contributed by atoms with Gasteiger partial charge >= 0.3 is 0 Å². The van der Waals surface area contributed by atoms with E-state index in [2.05, 4.69) is 10.6 Å². The SMILES string of the molecule is COc1ccc(OC)c([C@H](C)NC(=S)Nc2ccc(C)c(Cl)c2)c1. The summed E-state index contributed by atoms with van der Waals surface area (Å²) in [6.07, 6.45) is 0. The van der Waals surface area contributed by atoms with Crippen molar-refractivity contribution in [2.45, 2.75) is 19.9 Å². The van der Waals surface area contributed by atoms with E-state index in [1.807, 2.05) is 50.2 Å². The lowest BCUT2D eigenvalue weighted by Gasteiger charge is -2.20. The van der Waals surface area contributed by atoms with Gasteiger partial charge in [0, 0.05) is 16.3 Å². The Kier molecular flexibility index (Phi) is 6.29. The fourth-order valence-corrected chi connectivity index (χ4v) is 2.77. The molecule has 0 aliphatic rings. The minimum Gasteiger partial charge on any atom is -0.497 e. The zero-order valence-corrected chi connectivity index (χ0v) is 15.7. The third-order valence-electron chi connectivity index (χ3n) is 3.68. The summed E-state index contributed by atoms with van der Waals surface area (Å²) in [4.78, 5) is 0. The van der Waals surface area contributed by atoms with E-state index in [1.54, 1.807) is 14.2 Å². The van der Waals surface area contributed by atoms with Crippen LogP contribution in [-0.2, 0) is 0 Å². The van der Waals surface area contributed by atoms with E-state index >= 15 is 0 Å². The topological polar surface area (TPSA) is 42.5 Å². The van der Waals surface area contributed by atoms with E-state index in [0.717, 1.165) is 28.3 Å². The van der Waals surface area contributed by atoms with Crippen molar-refractivity contribution in [3.05, 3.63) is 52.5 Å². The molecule has 1 atom stereocenters. The van der Waals surface area contributed by atoms with Crippen LogP contribution in [-0.4, -0.2) is 19.3 Å². The molecule has 6 heteroatoms. The van der Waals surface area contributed by atoms with Crippen LogP contribution in [0.2, 0.25) is 5.02 Å². The summed E-state index contributed by atoms with van der Waals surface area (Å²) in [5.74, 6) is 1.54. The summed E-state index contributed by atoms with van der Waals surface area (Å²) >= 11 is 11.5. The minimum absolute atomic E-state index is 0.0593. The number of nitrogens with one attached hydrogen (secondary N) is 2. The van der Waals surface area contributed by atoms with Gasteiger partial charge in [0.1, 0.15) is 11.5 Å². The average Bonchev–Trinajstić information content (AvgIpc) is 2.57. The number of thiocarbonyl (C=S) groups is 1. The highest BCUT2D eigenvalue weighted by molar-refractivity contribution is 7.80. The average molecular weight is 365 g/mol. The van der Waals surface area contributed by atoms with Crippen LogP contribution < -0.4 is 20.1 Å². The number of benzene rings is 2. The van der Waals surface area contributed by atoms with E-state index in [1.165, 1.54) is 0 Å². The summed E-state index contributed by atoms with van der Waals surface area (Å²) in [5, 5.41) is 7.59. The first-order valence-corrected chi connectivity index (χ1v) is 8.28. The highest BCUT2D eigenvalue weighted by Gasteiger charge is 2.14. The molecule has 2 aromatic rings. The maximum Gasteiger partial charge on any atom is 0.171 e. The van der Waals surface area contributed by atoms with Crippen LogP contribution >= 0.6 is 23.8 Å². The van der Waals surface area contributed by atoms with Crippen molar-refractivity contribution >= 4 is 34.6 Å². The van der Waals surface area contributed by atoms with Crippen LogP contribution in [0.15, 0.2) is 36.4 Å². The normalized spacial score (nSPS) is 11.5. The lowest BCUT2D eigenvalue weighted by atomic mass is 10.1. The van der Waals surface area contributed by atoms with E-state index < -0.39 is 0 Å². The highest BCUT2D eigenvalue weighted by Crippen LogP contribution is 2.29. The van der Waals surface area contributed by atoms with Gasteiger partial charge in [-0.1, -0.05) is 17.7 Å². The zero-order chi connectivity index (χ0) is 17.7. The van der Waals surface area contributed by atoms with Gasteiger partial charge in [-0.25, -0.2) is 0 Å². The molecule has 0 aromatic heterocycles. The maximum atomic E-state index is 6.14. The fraction of sp³-hybridized carbons (Fsp3) is 0.278. The predicted octanol–water partition coefficient (Wildman–Crippen LogP) is 4.71. The number of methoxy groups -OCH3 is 2. The number of hydrogen-bond acceptors (Lipinski definition) is 3. The van der Waals surface area contributed by atoms with Gasteiger partial charge in [-0.05, 0) is 62.0 Å². The van der Waals surface area contributed by atoms with Crippen LogP contribution in [0.5, 0.6) is 11.5 Å². The first-order valence-electron chi connectivity index (χ1n) is 7.50. The summed E-state index contributed by atoms with van der Waals surface area (Å²) in [7, 11) is 3.28. The largest absolute Gasteiger partial charge is 0.497 e. The molecule has 0 amide bonds. The summed E-state index contributed by atoms with van der Waals surface area (Å²) in [5.41, 5.74) is 2.83. The lowest BCUT2D eigenvalue weighted by molar-refractivity contribution is 0.395. The molecule has 2 aromatic carbocycles. The molecular weight excluding hydrogens is 344 g/mol. The number of ether oxygens (including phenoxy) is 2. The third-order valence-corrected chi connectivity index (χ3v) is 4.31. The molecule has 2 N–H and O–H groups in total. The Morgan fingerprint density at radius 2 is 1.88 bits per heavy atom. The van der Waals surface area contributed by atoms with Gasteiger partial charge in [0.05, 0.1) is 20.3 Å². The standard InChI is InChI=1S/C18H21ClN2O2S/c1-11-5-6-13(9-16(11)19)21-18(24)20-12(2)15-10-14(22-3)7-8-17(15)23-4/h5-10,12H,1-4H3,(H2,20,21,24)/t12-/m0/s1. The van der Waals surface area contributed by atoms with Crippen LogP contribution in [0, 0.1) is 6.92 Å². The van der Waals surface area contributed by atoms with Crippen LogP contribution in [0.4, 0.5) is 5.69 Å². The third kappa shape index (κ3) is 4.52. The maximum absolute atomic E-state index is 6.14. The Labute approximate surface area is 153 Å². The Balaban J connectivity index is 2.09. The predicted molar refractivity (Wildman–Crippen MR) is 104 cm³/mol. The van der Waals surface area contributed by atoms with Gasteiger partial charge in [0.25, 0.3) is 0 Å². The Bertz CT molecular complexity index is 737. The fourth-order valence-electron chi connectivity index (χ4n) is 2.29. The summed E-state index contributed by atoms with van der Waals surface area (Å²) in [6.45, 7) is 3.97. The zero-order valence-electron chi connectivity index (χ0n) is 14.1. The summed E-state index contributed by atoms with van der Waals surface area (Å²) in [6, 6.07) is 11.3.